The Kier molecular flexibility index (Phi) is 3.75. The molecule has 1 atom stereocenters. The summed E-state index contributed by atoms with van der Waals surface area (Å²) in [4.78, 5) is 13.0. The van der Waals surface area contributed by atoms with Crippen LogP contribution in [-0.4, -0.2) is 25.1 Å². The summed E-state index contributed by atoms with van der Waals surface area (Å²) in [7, 11) is -3.63. The molecule has 4 bridgehead atoms. The zero-order valence-electron chi connectivity index (χ0n) is 14.1. The predicted molar refractivity (Wildman–Crippen MR) is 92.1 cm³/mol. The molecule has 5 rings (SSSR count). The molecule has 4 aliphatic carbocycles. The molecule has 0 aliphatic heterocycles. The maximum atomic E-state index is 12.8. The summed E-state index contributed by atoms with van der Waals surface area (Å²) in [5, 5.41) is 2.13. The van der Waals surface area contributed by atoms with Gasteiger partial charge in [-0.1, -0.05) is 18.2 Å². The van der Waals surface area contributed by atoms with E-state index in [0.29, 0.717) is 0 Å². The molecule has 4 saturated carbocycles. The third-order valence-corrected chi connectivity index (χ3v) is 8.41. The van der Waals surface area contributed by atoms with Gasteiger partial charge in [-0.2, -0.15) is 0 Å². The second-order valence-electron chi connectivity index (χ2n) is 8.19. The van der Waals surface area contributed by atoms with E-state index in [0.717, 1.165) is 37.0 Å². The Morgan fingerprint density at radius 1 is 1.04 bits per heavy atom. The van der Waals surface area contributed by atoms with Crippen LogP contribution >= 0.6 is 0 Å². The van der Waals surface area contributed by atoms with Crippen LogP contribution in [0.1, 0.15) is 45.4 Å². The molecule has 0 saturated heterocycles. The van der Waals surface area contributed by atoms with Crippen molar-refractivity contribution in [1.82, 2.24) is 5.32 Å². The largest absolute Gasteiger partial charge is 0.350 e. The number of hydrogen-bond donors (Lipinski definition) is 1. The molecule has 130 valence electrons. The van der Waals surface area contributed by atoms with Crippen molar-refractivity contribution in [3.63, 3.8) is 0 Å². The number of rotatable bonds is 4. The summed E-state index contributed by atoms with van der Waals surface area (Å²) in [5.74, 6) is 1.83. The lowest BCUT2D eigenvalue weighted by Gasteiger charge is -2.57. The van der Waals surface area contributed by atoms with Crippen LogP contribution in [0.5, 0.6) is 0 Å². The smallest absolute Gasteiger partial charge is 0.238 e. The fraction of sp³-hybridized carbons (Fsp3) is 0.632. The highest BCUT2D eigenvalue weighted by Crippen LogP contribution is 2.55. The Hall–Kier alpha value is -1.36. The summed E-state index contributed by atoms with van der Waals surface area (Å²) in [6, 6.07) is 8.28. The maximum Gasteiger partial charge on any atom is 0.238 e. The first-order valence-electron chi connectivity index (χ1n) is 8.99. The van der Waals surface area contributed by atoms with Crippen LogP contribution in [0.15, 0.2) is 35.2 Å². The third kappa shape index (κ3) is 2.67. The Bertz CT molecular complexity index is 706. The Morgan fingerprint density at radius 3 is 2.04 bits per heavy atom. The number of nitrogens with one attached hydrogen (secondary N) is 1. The molecule has 24 heavy (non-hydrogen) atoms. The zero-order valence-corrected chi connectivity index (χ0v) is 14.9. The first-order valence-corrected chi connectivity index (χ1v) is 10.5. The molecule has 1 unspecified atom stereocenters. The van der Waals surface area contributed by atoms with Crippen LogP contribution in [0, 0.1) is 17.8 Å². The van der Waals surface area contributed by atoms with Crippen molar-refractivity contribution in [1.29, 1.82) is 0 Å². The van der Waals surface area contributed by atoms with Gasteiger partial charge in [0.05, 0.1) is 4.90 Å². The van der Waals surface area contributed by atoms with Crippen molar-refractivity contribution in [2.24, 2.45) is 17.8 Å². The average molecular weight is 347 g/mol. The van der Waals surface area contributed by atoms with E-state index in [-0.39, 0.29) is 16.3 Å². The molecule has 4 fully saturated rings. The minimum atomic E-state index is -3.63. The summed E-state index contributed by atoms with van der Waals surface area (Å²) in [5.41, 5.74) is -0.147. The highest BCUT2D eigenvalue weighted by molar-refractivity contribution is 7.92. The number of amides is 1. The van der Waals surface area contributed by atoms with Crippen LogP contribution in [-0.2, 0) is 14.6 Å². The van der Waals surface area contributed by atoms with Crippen molar-refractivity contribution in [3.8, 4) is 0 Å². The first kappa shape index (κ1) is 16.1. The Labute approximate surface area is 143 Å². The SMILES string of the molecule is CC(C(=O)NC12CC3CC(CC(C3)C1)C2)S(=O)(=O)c1ccccc1. The Morgan fingerprint density at radius 2 is 1.54 bits per heavy atom. The van der Waals surface area contributed by atoms with Gasteiger partial charge in [-0.3, -0.25) is 4.79 Å². The third-order valence-electron chi connectivity index (χ3n) is 6.33. The van der Waals surface area contributed by atoms with Crippen molar-refractivity contribution in [2.45, 2.75) is 61.1 Å². The minimum absolute atomic E-state index is 0.147. The van der Waals surface area contributed by atoms with Gasteiger partial charge in [0.15, 0.2) is 9.84 Å². The van der Waals surface area contributed by atoms with E-state index in [1.165, 1.54) is 26.2 Å². The number of hydrogen-bond acceptors (Lipinski definition) is 3. The molecule has 4 nitrogen and oxygen atoms in total. The lowest BCUT2D eigenvalue weighted by atomic mass is 9.53. The summed E-state index contributed by atoms with van der Waals surface area (Å²) < 4.78 is 25.4. The van der Waals surface area contributed by atoms with Gasteiger partial charge in [-0.05, 0) is 75.3 Å². The monoisotopic (exact) mass is 347 g/mol. The second kappa shape index (κ2) is 5.58. The molecule has 0 spiro atoms. The van der Waals surface area contributed by atoms with E-state index in [4.69, 9.17) is 0 Å². The zero-order chi connectivity index (χ0) is 16.9. The molecular formula is C19H25NO3S. The molecule has 4 aliphatic rings. The van der Waals surface area contributed by atoms with E-state index < -0.39 is 15.1 Å². The summed E-state index contributed by atoms with van der Waals surface area (Å²) in [6.45, 7) is 1.51. The van der Waals surface area contributed by atoms with Gasteiger partial charge in [0.25, 0.3) is 0 Å². The first-order chi connectivity index (χ1) is 11.4. The number of carbonyl (C=O) groups is 1. The topological polar surface area (TPSA) is 63.2 Å². The maximum absolute atomic E-state index is 12.8. The van der Waals surface area contributed by atoms with Crippen LogP contribution in [0.4, 0.5) is 0 Å². The molecule has 0 aromatic heterocycles. The van der Waals surface area contributed by atoms with Crippen molar-refractivity contribution in [2.75, 3.05) is 0 Å². The van der Waals surface area contributed by atoms with E-state index in [9.17, 15) is 13.2 Å². The van der Waals surface area contributed by atoms with Gasteiger partial charge >= 0.3 is 0 Å². The van der Waals surface area contributed by atoms with E-state index in [2.05, 4.69) is 5.32 Å². The van der Waals surface area contributed by atoms with E-state index >= 15 is 0 Å². The fourth-order valence-corrected chi connectivity index (χ4v) is 6.87. The predicted octanol–water partition coefficient (Wildman–Crippen LogP) is 2.93. The minimum Gasteiger partial charge on any atom is -0.350 e. The van der Waals surface area contributed by atoms with Gasteiger partial charge in [0.2, 0.25) is 5.91 Å². The van der Waals surface area contributed by atoms with Crippen LogP contribution in [0.3, 0.4) is 0 Å². The van der Waals surface area contributed by atoms with Gasteiger partial charge < -0.3 is 5.32 Å². The number of sulfone groups is 1. The molecular weight excluding hydrogens is 322 g/mol. The highest BCUT2D eigenvalue weighted by Gasteiger charge is 2.52. The van der Waals surface area contributed by atoms with Gasteiger partial charge in [0.1, 0.15) is 5.25 Å². The second-order valence-corrected chi connectivity index (χ2v) is 10.5. The van der Waals surface area contributed by atoms with E-state index in [1.54, 1.807) is 30.3 Å². The number of carbonyl (C=O) groups excluding carboxylic acids is 1. The molecule has 0 radical (unpaired) electrons. The van der Waals surface area contributed by atoms with Gasteiger partial charge in [-0.15, -0.1) is 0 Å². The normalized spacial score (nSPS) is 35.6. The van der Waals surface area contributed by atoms with Crippen molar-refractivity contribution >= 4 is 15.7 Å². The quantitative estimate of drug-likeness (QED) is 0.911. The molecule has 0 heterocycles. The van der Waals surface area contributed by atoms with Crippen molar-refractivity contribution < 1.29 is 13.2 Å². The molecule has 5 heteroatoms. The van der Waals surface area contributed by atoms with Gasteiger partial charge in [0, 0.05) is 5.54 Å². The van der Waals surface area contributed by atoms with Crippen LogP contribution < -0.4 is 5.32 Å². The number of benzene rings is 1. The molecule has 1 N–H and O–H groups in total. The average Bonchev–Trinajstić information content (AvgIpc) is 2.53. The van der Waals surface area contributed by atoms with Gasteiger partial charge in [-0.25, -0.2) is 8.42 Å². The lowest BCUT2D eigenvalue weighted by Crippen LogP contribution is -2.61. The van der Waals surface area contributed by atoms with Crippen LogP contribution in [0.25, 0.3) is 0 Å². The molecule has 1 aromatic rings. The summed E-state index contributed by atoms with van der Waals surface area (Å²) >= 11 is 0. The fourth-order valence-electron chi connectivity index (χ4n) is 5.58. The van der Waals surface area contributed by atoms with E-state index in [1.807, 2.05) is 0 Å². The molecule has 1 aromatic carbocycles. The highest BCUT2D eigenvalue weighted by atomic mass is 32.2. The van der Waals surface area contributed by atoms with Crippen molar-refractivity contribution in [3.05, 3.63) is 30.3 Å². The molecule has 1 amide bonds. The Balaban J connectivity index is 1.52. The summed E-state index contributed by atoms with van der Waals surface area (Å²) in [6.07, 6.45) is 6.99. The van der Waals surface area contributed by atoms with Crippen LogP contribution in [0.2, 0.25) is 0 Å². The lowest BCUT2D eigenvalue weighted by molar-refractivity contribution is -0.126. The standard InChI is InChI=1S/C19H25NO3S/c1-13(24(22,23)17-5-3-2-4-6-17)18(21)20-19-10-14-7-15(11-19)9-16(8-14)12-19/h2-6,13-16H,7-12H2,1H3,(H,20,21).